The van der Waals surface area contributed by atoms with Gasteiger partial charge in [-0.3, -0.25) is 14.7 Å². The number of aliphatic carboxylic acids is 1. The van der Waals surface area contributed by atoms with Crippen molar-refractivity contribution in [3.8, 4) is 5.75 Å². The number of piperazine rings is 1. The Hall–Kier alpha value is -1.81. The number of hydrogen-bond acceptors (Lipinski definition) is 6. The highest BCUT2D eigenvalue weighted by Gasteiger charge is 2.29. The Morgan fingerprint density at radius 2 is 1.80 bits per heavy atom. The zero-order valence-electron chi connectivity index (χ0n) is 16.9. The fourth-order valence-electron chi connectivity index (χ4n) is 3.17. The summed E-state index contributed by atoms with van der Waals surface area (Å²) in [5, 5.41) is 12.5. The number of rotatable bonds is 7. The van der Waals surface area contributed by atoms with Gasteiger partial charge in [0.25, 0.3) is 0 Å². The first-order valence-electron chi connectivity index (χ1n) is 9.27. The molecule has 0 amide bonds. The Morgan fingerprint density at radius 1 is 1.17 bits per heavy atom. The third kappa shape index (κ3) is 6.60. The Morgan fingerprint density at radius 3 is 2.40 bits per heavy atom. The van der Waals surface area contributed by atoms with Crippen LogP contribution >= 0.6 is 34.0 Å². The van der Waals surface area contributed by atoms with Gasteiger partial charge in [-0.15, -0.1) is 34.0 Å². The third-order valence-corrected chi connectivity index (χ3v) is 4.86. The molecule has 0 bridgehead atoms. The number of Topliss-reactive ketones (excluding diaryl/α,β-unsaturated/α-hetero) is 1. The number of halogens is 2. The fourth-order valence-corrected chi connectivity index (χ4v) is 3.17. The van der Waals surface area contributed by atoms with E-state index in [1.54, 1.807) is 36.7 Å². The van der Waals surface area contributed by atoms with E-state index in [4.69, 9.17) is 9.84 Å². The van der Waals surface area contributed by atoms with Crippen molar-refractivity contribution in [1.29, 1.82) is 0 Å². The maximum Gasteiger partial charge on any atom is 0.347 e. The van der Waals surface area contributed by atoms with Crippen LogP contribution in [0.1, 0.15) is 35.8 Å². The van der Waals surface area contributed by atoms with Crippen LogP contribution in [-0.4, -0.2) is 58.5 Å². The molecule has 3 rings (SSSR count). The van der Waals surface area contributed by atoms with Crippen LogP contribution in [0.4, 0.5) is 0 Å². The molecule has 1 unspecified atom stereocenters. The second kappa shape index (κ2) is 11.5. The molecule has 2 N–H and O–H groups in total. The number of aromatic nitrogens is 1. The number of hydrogen-bond donors (Lipinski definition) is 2. The number of benzene rings is 1. The van der Waals surface area contributed by atoms with E-state index in [2.05, 4.69) is 15.2 Å². The van der Waals surface area contributed by atoms with E-state index in [0.717, 1.165) is 25.2 Å². The molecule has 2 aromatic rings. The first-order valence-corrected chi connectivity index (χ1v) is 9.27. The molecule has 0 saturated carbocycles. The molecule has 1 atom stereocenters. The van der Waals surface area contributed by atoms with Gasteiger partial charge in [-0.1, -0.05) is 0 Å². The van der Waals surface area contributed by atoms with Crippen molar-refractivity contribution >= 4 is 45.7 Å². The van der Waals surface area contributed by atoms with E-state index in [0.29, 0.717) is 17.9 Å². The molecule has 1 aliphatic rings. The highest BCUT2D eigenvalue weighted by molar-refractivity contribution is 8.93. The maximum absolute atomic E-state index is 12.8. The van der Waals surface area contributed by atoms with Crippen LogP contribution in [0, 0.1) is 0 Å². The molecule has 30 heavy (non-hydrogen) atoms. The normalized spacial score (nSPS) is 16.7. The Bertz CT molecular complexity index is 832. The lowest BCUT2D eigenvalue weighted by Gasteiger charge is -2.36. The first kappa shape index (κ1) is 26.2. The predicted molar refractivity (Wildman–Crippen MR) is 125 cm³/mol. The van der Waals surface area contributed by atoms with Crippen LogP contribution in [0.2, 0.25) is 0 Å². The van der Waals surface area contributed by atoms with Gasteiger partial charge in [0.05, 0.1) is 6.54 Å². The molecule has 7 nitrogen and oxygen atoms in total. The minimum atomic E-state index is -1.33. The highest BCUT2D eigenvalue weighted by Crippen LogP contribution is 2.23. The van der Waals surface area contributed by atoms with Crippen LogP contribution in [-0.2, 0) is 4.79 Å². The minimum Gasteiger partial charge on any atom is -0.478 e. The van der Waals surface area contributed by atoms with Crippen LogP contribution < -0.4 is 10.1 Å². The number of carbonyl (C=O) groups excluding carboxylic acids is 1. The number of nitrogens with zero attached hydrogens (tertiary/aromatic N) is 2. The molecule has 0 spiro atoms. The van der Waals surface area contributed by atoms with Gasteiger partial charge in [-0.05, 0) is 55.8 Å². The van der Waals surface area contributed by atoms with Crippen LogP contribution in [0.25, 0.3) is 0 Å². The molecule has 0 aliphatic carbocycles. The standard InChI is InChI=1S/C21H25N3O4.2BrH/c1-21(2,20(26)27)28-17-5-3-16(4-6-17)19(25)14-24-12-11-23-13-18(24)15-7-9-22-10-8-15;;/h3-10,18,23H,11-14H2,1-2H3,(H,26,27);2*1H. The van der Waals surface area contributed by atoms with Gasteiger partial charge in [-0.2, -0.15) is 0 Å². The number of carboxylic acids is 1. The van der Waals surface area contributed by atoms with Crippen LogP contribution in [0.15, 0.2) is 48.8 Å². The second-order valence-electron chi connectivity index (χ2n) is 7.34. The summed E-state index contributed by atoms with van der Waals surface area (Å²) in [5.74, 6) is -0.612. The second-order valence-corrected chi connectivity index (χ2v) is 7.34. The molecule has 1 saturated heterocycles. The summed E-state index contributed by atoms with van der Waals surface area (Å²) in [6, 6.07) is 10.7. The SMILES string of the molecule is Br.Br.CC(C)(Oc1ccc(C(=O)CN2CCNCC2c2ccncc2)cc1)C(=O)O. The predicted octanol–water partition coefficient (Wildman–Crippen LogP) is 3.31. The molecule has 0 radical (unpaired) electrons. The quantitative estimate of drug-likeness (QED) is 0.517. The van der Waals surface area contributed by atoms with Gasteiger partial charge >= 0.3 is 5.97 Å². The van der Waals surface area contributed by atoms with Crippen molar-refractivity contribution in [2.75, 3.05) is 26.2 Å². The molecule has 9 heteroatoms. The lowest BCUT2D eigenvalue weighted by atomic mass is 10.0. The summed E-state index contributed by atoms with van der Waals surface area (Å²) in [6.07, 6.45) is 3.53. The van der Waals surface area contributed by atoms with Crippen LogP contribution in [0.5, 0.6) is 5.75 Å². The van der Waals surface area contributed by atoms with E-state index in [1.165, 1.54) is 13.8 Å². The Labute approximate surface area is 197 Å². The molecule has 1 aliphatic heterocycles. The zero-order chi connectivity index (χ0) is 20.1. The van der Waals surface area contributed by atoms with Gasteiger partial charge < -0.3 is 15.2 Å². The minimum absolute atomic E-state index is 0. The van der Waals surface area contributed by atoms with E-state index >= 15 is 0 Å². The molecular weight excluding hydrogens is 518 g/mol. The lowest BCUT2D eigenvalue weighted by molar-refractivity contribution is -0.152. The molecule has 1 fully saturated rings. The molecule has 164 valence electrons. The van der Waals surface area contributed by atoms with Gasteiger partial charge in [0.2, 0.25) is 0 Å². The monoisotopic (exact) mass is 543 g/mol. The summed E-state index contributed by atoms with van der Waals surface area (Å²) >= 11 is 0. The first-order chi connectivity index (χ1) is 13.4. The molecule has 2 heterocycles. The summed E-state index contributed by atoms with van der Waals surface area (Å²) in [5.41, 5.74) is 0.381. The molecule has 1 aromatic heterocycles. The molecule has 1 aromatic carbocycles. The Kier molecular flexibility index (Phi) is 10.1. The van der Waals surface area contributed by atoms with Crippen LogP contribution in [0.3, 0.4) is 0 Å². The van der Waals surface area contributed by atoms with E-state index in [1.807, 2.05) is 12.1 Å². The van der Waals surface area contributed by atoms with Crippen molar-refractivity contribution in [1.82, 2.24) is 15.2 Å². The number of pyridine rings is 1. The largest absolute Gasteiger partial charge is 0.478 e. The van der Waals surface area contributed by atoms with E-state index < -0.39 is 11.6 Å². The number of nitrogens with one attached hydrogen (secondary N) is 1. The third-order valence-electron chi connectivity index (χ3n) is 4.86. The smallest absolute Gasteiger partial charge is 0.347 e. The summed E-state index contributed by atoms with van der Waals surface area (Å²) in [6.45, 7) is 5.69. The summed E-state index contributed by atoms with van der Waals surface area (Å²) < 4.78 is 5.49. The van der Waals surface area contributed by atoms with Gasteiger partial charge in [0.15, 0.2) is 11.4 Å². The zero-order valence-corrected chi connectivity index (χ0v) is 20.3. The van der Waals surface area contributed by atoms with Crippen molar-refractivity contribution in [2.45, 2.75) is 25.5 Å². The number of carbonyl (C=O) groups is 2. The molecular formula is C21H27Br2N3O4. The van der Waals surface area contributed by atoms with Crippen molar-refractivity contribution in [3.63, 3.8) is 0 Å². The topological polar surface area (TPSA) is 91.8 Å². The fraction of sp³-hybridized carbons (Fsp3) is 0.381. The van der Waals surface area contributed by atoms with Gasteiger partial charge in [0, 0.05) is 43.6 Å². The highest BCUT2D eigenvalue weighted by atomic mass is 79.9. The van der Waals surface area contributed by atoms with Crippen molar-refractivity contribution in [2.24, 2.45) is 0 Å². The van der Waals surface area contributed by atoms with Gasteiger partial charge in [-0.25, -0.2) is 4.79 Å². The van der Waals surface area contributed by atoms with Gasteiger partial charge in [0.1, 0.15) is 5.75 Å². The Balaban J connectivity index is 0.00000225. The average Bonchev–Trinajstić information content (AvgIpc) is 2.69. The average molecular weight is 545 g/mol. The summed E-state index contributed by atoms with van der Waals surface area (Å²) in [4.78, 5) is 30.2. The van der Waals surface area contributed by atoms with E-state index in [-0.39, 0.29) is 45.8 Å². The maximum atomic E-state index is 12.8. The van der Waals surface area contributed by atoms with Crippen molar-refractivity contribution < 1.29 is 19.4 Å². The number of ketones is 1. The summed E-state index contributed by atoms with van der Waals surface area (Å²) in [7, 11) is 0. The number of ether oxygens (including phenoxy) is 1. The van der Waals surface area contributed by atoms with Crippen molar-refractivity contribution in [3.05, 3.63) is 59.9 Å². The number of carboxylic acid groups (broad SMARTS) is 1. The lowest BCUT2D eigenvalue weighted by Crippen LogP contribution is -2.47. The van der Waals surface area contributed by atoms with E-state index in [9.17, 15) is 9.59 Å².